The highest BCUT2D eigenvalue weighted by Crippen LogP contribution is 2.07. The van der Waals surface area contributed by atoms with Crippen molar-refractivity contribution in [2.75, 3.05) is 11.9 Å². The van der Waals surface area contributed by atoms with E-state index in [1.165, 1.54) is 5.56 Å². The quantitative estimate of drug-likeness (QED) is 0.824. The van der Waals surface area contributed by atoms with E-state index in [0.29, 0.717) is 30.6 Å². The molecule has 0 unspecified atom stereocenters. The maximum atomic E-state index is 12.1. The zero-order valence-corrected chi connectivity index (χ0v) is 14.0. The molecule has 0 saturated carbocycles. The van der Waals surface area contributed by atoms with Gasteiger partial charge in [-0.1, -0.05) is 43.7 Å². The summed E-state index contributed by atoms with van der Waals surface area (Å²) in [5.41, 5.74) is 2.76. The minimum absolute atomic E-state index is 0.161. The van der Waals surface area contributed by atoms with Crippen LogP contribution in [0.2, 0.25) is 0 Å². The van der Waals surface area contributed by atoms with Crippen LogP contribution in [-0.4, -0.2) is 22.4 Å². The fourth-order valence-corrected chi connectivity index (χ4v) is 2.02. The molecule has 2 aromatic rings. The Hall–Kier alpha value is -2.43. The van der Waals surface area contributed by atoms with Gasteiger partial charge in [-0.15, -0.1) is 0 Å². The lowest BCUT2D eigenvalue weighted by atomic mass is 10.1. The highest BCUT2D eigenvalue weighted by molar-refractivity contribution is 5.92. The highest BCUT2D eigenvalue weighted by atomic mass is 16.1. The van der Waals surface area contributed by atoms with E-state index in [-0.39, 0.29) is 5.91 Å². The van der Waals surface area contributed by atoms with Gasteiger partial charge >= 0.3 is 0 Å². The number of aryl methyl sites for hydroxylation is 1. The molecule has 5 heteroatoms. The molecule has 0 aliphatic heterocycles. The Morgan fingerprint density at radius 2 is 1.91 bits per heavy atom. The third-order valence-electron chi connectivity index (χ3n) is 3.47. The summed E-state index contributed by atoms with van der Waals surface area (Å²) < 4.78 is 0. The Kier molecular flexibility index (Phi) is 6.09. The van der Waals surface area contributed by atoms with E-state index in [4.69, 9.17) is 0 Å². The second-order valence-electron chi connectivity index (χ2n) is 6.04. The Morgan fingerprint density at radius 1 is 1.17 bits per heavy atom. The number of rotatable bonds is 7. The van der Waals surface area contributed by atoms with E-state index in [9.17, 15) is 4.79 Å². The van der Waals surface area contributed by atoms with E-state index < -0.39 is 0 Å². The van der Waals surface area contributed by atoms with Gasteiger partial charge < -0.3 is 10.6 Å². The summed E-state index contributed by atoms with van der Waals surface area (Å²) in [6, 6.07) is 9.88. The van der Waals surface area contributed by atoms with Crippen molar-refractivity contribution in [2.45, 2.75) is 33.7 Å². The van der Waals surface area contributed by atoms with Gasteiger partial charge in [-0.2, -0.15) is 0 Å². The van der Waals surface area contributed by atoms with Gasteiger partial charge in [0.1, 0.15) is 5.69 Å². The van der Waals surface area contributed by atoms with Crippen LogP contribution >= 0.6 is 0 Å². The number of nitrogens with zero attached hydrogens (tertiary/aromatic N) is 2. The van der Waals surface area contributed by atoms with Crippen molar-refractivity contribution in [1.29, 1.82) is 0 Å². The molecule has 0 saturated heterocycles. The lowest BCUT2D eigenvalue weighted by molar-refractivity contribution is 0.0947. The molecular formula is C18H24N4O. The molecule has 0 radical (unpaired) electrons. The molecule has 2 rings (SSSR count). The van der Waals surface area contributed by atoms with E-state index in [1.807, 2.05) is 0 Å². The van der Waals surface area contributed by atoms with Gasteiger partial charge in [0.2, 0.25) is 5.95 Å². The van der Waals surface area contributed by atoms with Crippen LogP contribution in [0.3, 0.4) is 0 Å². The lowest BCUT2D eigenvalue weighted by Gasteiger charge is -2.08. The lowest BCUT2D eigenvalue weighted by Crippen LogP contribution is -2.26. The molecule has 23 heavy (non-hydrogen) atoms. The number of carbonyl (C=O) groups is 1. The smallest absolute Gasteiger partial charge is 0.270 e. The zero-order valence-electron chi connectivity index (χ0n) is 14.0. The molecule has 0 aliphatic carbocycles. The second-order valence-corrected chi connectivity index (χ2v) is 6.04. The number of carbonyl (C=O) groups excluding carboxylic acids is 1. The van der Waals surface area contributed by atoms with E-state index in [0.717, 1.165) is 12.0 Å². The number of anilines is 1. The van der Waals surface area contributed by atoms with Crippen molar-refractivity contribution in [3.05, 3.63) is 53.3 Å². The first-order valence-corrected chi connectivity index (χ1v) is 7.95. The minimum Gasteiger partial charge on any atom is -0.351 e. The summed E-state index contributed by atoms with van der Waals surface area (Å²) in [5, 5.41) is 6.03. The number of aromatic nitrogens is 2. The van der Waals surface area contributed by atoms with Crippen LogP contribution in [0.25, 0.3) is 0 Å². The molecule has 1 aromatic carbocycles. The number of amides is 1. The van der Waals surface area contributed by atoms with Crippen molar-refractivity contribution >= 4 is 11.9 Å². The number of hydrogen-bond donors (Lipinski definition) is 2. The molecule has 1 heterocycles. The molecule has 0 bridgehead atoms. The molecule has 1 aromatic heterocycles. The molecule has 2 N–H and O–H groups in total. The summed E-state index contributed by atoms with van der Waals surface area (Å²) >= 11 is 0. The number of benzene rings is 1. The predicted octanol–water partition coefficient (Wildman–Crippen LogP) is 3.17. The first-order chi connectivity index (χ1) is 11.0. The van der Waals surface area contributed by atoms with E-state index >= 15 is 0 Å². The molecule has 122 valence electrons. The third-order valence-corrected chi connectivity index (χ3v) is 3.47. The Labute approximate surface area is 137 Å². The maximum Gasteiger partial charge on any atom is 0.270 e. The fourth-order valence-electron chi connectivity index (χ4n) is 2.02. The van der Waals surface area contributed by atoms with Crippen molar-refractivity contribution in [1.82, 2.24) is 15.3 Å². The van der Waals surface area contributed by atoms with Gasteiger partial charge in [0.05, 0.1) is 0 Å². The predicted molar refractivity (Wildman–Crippen MR) is 92.3 cm³/mol. The van der Waals surface area contributed by atoms with Crippen LogP contribution in [0.4, 0.5) is 5.95 Å². The third kappa shape index (κ3) is 5.70. The monoisotopic (exact) mass is 312 g/mol. The SMILES string of the molecule is Cc1ccc(CNc2nccc(C(=O)NCCC(C)C)n2)cc1. The van der Waals surface area contributed by atoms with Gasteiger partial charge in [0.15, 0.2) is 0 Å². The molecule has 0 aliphatic rings. The first kappa shape index (κ1) is 16.9. The summed E-state index contributed by atoms with van der Waals surface area (Å²) in [6.07, 6.45) is 2.55. The van der Waals surface area contributed by atoms with Crippen LogP contribution in [0, 0.1) is 12.8 Å². The molecule has 0 fully saturated rings. The average molecular weight is 312 g/mol. The summed E-state index contributed by atoms with van der Waals surface area (Å²) in [6.45, 7) is 7.60. The zero-order chi connectivity index (χ0) is 16.7. The van der Waals surface area contributed by atoms with E-state index in [1.54, 1.807) is 12.3 Å². The standard InChI is InChI=1S/C18H24N4O/c1-13(2)8-10-19-17(23)16-9-11-20-18(22-16)21-12-15-6-4-14(3)5-7-15/h4-7,9,11,13H,8,10,12H2,1-3H3,(H,19,23)(H,20,21,22). The topological polar surface area (TPSA) is 66.9 Å². The van der Waals surface area contributed by atoms with Crippen LogP contribution < -0.4 is 10.6 Å². The molecule has 0 spiro atoms. The fraction of sp³-hybridized carbons (Fsp3) is 0.389. The molecular weight excluding hydrogens is 288 g/mol. The summed E-state index contributed by atoms with van der Waals surface area (Å²) in [4.78, 5) is 20.5. The van der Waals surface area contributed by atoms with Crippen molar-refractivity contribution in [3.8, 4) is 0 Å². The largest absolute Gasteiger partial charge is 0.351 e. The number of hydrogen-bond acceptors (Lipinski definition) is 4. The number of nitrogens with one attached hydrogen (secondary N) is 2. The van der Waals surface area contributed by atoms with Crippen molar-refractivity contribution in [2.24, 2.45) is 5.92 Å². The average Bonchev–Trinajstić information content (AvgIpc) is 2.54. The van der Waals surface area contributed by atoms with Crippen molar-refractivity contribution in [3.63, 3.8) is 0 Å². The molecule has 5 nitrogen and oxygen atoms in total. The van der Waals surface area contributed by atoms with Crippen LogP contribution in [-0.2, 0) is 6.54 Å². The highest BCUT2D eigenvalue weighted by Gasteiger charge is 2.08. The summed E-state index contributed by atoms with van der Waals surface area (Å²) in [5.74, 6) is 0.862. The van der Waals surface area contributed by atoms with Gasteiger partial charge in [0.25, 0.3) is 5.91 Å². The summed E-state index contributed by atoms with van der Waals surface area (Å²) in [7, 11) is 0. The van der Waals surface area contributed by atoms with Gasteiger partial charge in [0, 0.05) is 19.3 Å². The van der Waals surface area contributed by atoms with Gasteiger partial charge in [-0.3, -0.25) is 4.79 Å². The van der Waals surface area contributed by atoms with Gasteiger partial charge in [-0.25, -0.2) is 9.97 Å². The van der Waals surface area contributed by atoms with E-state index in [2.05, 4.69) is 65.6 Å². The van der Waals surface area contributed by atoms with Crippen molar-refractivity contribution < 1.29 is 4.79 Å². The Morgan fingerprint density at radius 3 is 2.61 bits per heavy atom. The molecule has 1 amide bonds. The van der Waals surface area contributed by atoms with Crippen LogP contribution in [0.1, 0.15) is 41.9 Å². The molecule has 0 atom stereocenters. The Balaban J connectivity index is 1.91. The minimum atomic E-state index is -0.161. The van der Waals surface area contributed by atoms with Gasteiger partial charge in [-0.05, 0) is 30.9 Å². The van der Waals surface area contributed by atoms with Crippen LogP contribution in [0.5, 0.6) is 0 Å². The second kappa shape index (κ2) is 8.27. The maximum absolute atomic E-state index is 12.1. The normalized spacial score (nSPS) is 10.6. The van der Waals surface area contributed by atoms with Crippen LogP contribution in [0.15, 0.2) is 36.5 Å². The Bertz CT molecular complexity index is 638. The first-order valence-electron chi connectivity index (χ1n) is 7.95.